The lowest BCUT2D eigenvalue weighted by atomic mass is 10.2. The Kier molecular flexibility index (Phi) is 5.66. The molecule has 11 heteroatoms. The van der Waals surface area contributed by atoms with Crippen molar-refractivity contribution in [2.75, 3.05) is 5.32 Å². The Morgan fingerprint density at radius 3 is 2.50 bits per heavy atom. The van der Waals surface area contributed by atoms with Gasteiger partial charge in [-0.3, -0.25) is 14.2 Å². The molecule has 0 saturated carbocycles. The van der Waals surface area contributed by atoms with E-state index >= 15 is 0 Å². The van der Waals surface area contributed by atoms with Crippen molar-refractivity contribution in [2.24, 2.45) is 0 Å². The molecule has 0 aliphatic heterocycles. The van der Waals surface area contributed by atoms with Crippen molar-refractivity contribution in [1.82, 2.24) is 19.6 Å². The van der Waals surface area contributed by atoms with Crippen LogP contribution < -0.4 is 5.32 Å². The summed E-state index contributed by atoms with van der Waals surface area (Å²) in [6.45, 7) is 1.10. The molecular weight excluding hydrogens is 418 g/mol. The molecule has 3 rings (SSSR count). The maximum Gasteiger partial charge on any atom is 0.433 e. The van der Waals surface area contributed by atoms with Gasteiger partial charge in [-0.15, -0.1) is 0 Å². The molecule has 2 aromatic heterocycles. The highest BCUT2D eigenvalue weighted by Crippen LogP contribution is 2.29. The molecule has 2 heterocycles. The van der Waals surface area contributed by atoms with Gasteiger partial charge in [-0.2, -0.15) is 23.4 Å². The number of hydrogen-bond donors (Lipinski definition) is 1. The summed E-state index contributed by atoms with van der Waals surface area (Å²) in [4.78, 5) is 12.1. The first kappa shape index (κ1) is 20.2. The van der Waals surface area contributed by atoms with Crippen LogP contribution in [0.25, 0.3) is 0 Å². The van der Waals surface area contributed by atoms with Gasteiger partial charge < -0.3 is 5.32 Å². The minimum atomic E-state index is -4.60. The maximum atomic E-state index is 13.0. The zero-order valence-electron chi connectivity index (χ0n) is 14.5. The topological polar surface area (TPSA) is 64.7 Å². The largest absolute Gasteiger partial charge is 0.433 e. The molecule has 1 amide bonds. The normalized spacial score (nSPS) is 11.6. The lowest BCUT2D eigenvalue weighted by molar-refractivity contribution is -0.144. The van der Waals surface area contributed by atoms with Crippen LogP contribution in [0, 0.1) is 6.92 Å². The Morgan fingerprint density at radius 2 is 1.86 bits per heavy atom. The average molecular weight is 432 g/mol. The second-order valence-corrected chi connectivity index (χ2v) is 6.79. The fraction of sp³-hybridized carbons (Fsp3) is 0.235. The van der Waals surface area contributed by atoms with E-state index in [0.717, 1.165) is 6.07 Å². The zero-order valence-corrected chi connectivity index (χ0v) is 16.0. The van der Waals surface area contributed by atoms with E-state index in [9.17, 15) is 18.0 Å². The Bertz CT molecular complexity index is 992. The zero-order chi connectivity index (χ0) is 20.5. The van der Waals surface area contributed by atoms with E-state index in [1.165, 1.54) is 17.7 Å². The summed E-state index contributed by atoms with van der Waals surface area (Å²) in [7, 11) is 0. The van der Waals surface area contributed by atoms with Crippen molar-refractivity contribution < 1.29 is 18.0 Å². The van der Waals surface area contributed by atoms with E-state index in [1.807, 2.05) is 0 Å². The van der Waals surface area contributed by atoms with Crippen LogP contribution in [0.2, 0.25) is 10.0 Å². The van der Waals surface area contributed by atoms with Crippen LogP contribution in [0.3, 0.4) is 0 Å². The highest BCUT2D eigenvalue weighted by atomic mass is 35.5. The number of anilines is 1. The quantitative estimate of drug-likeness (QED) is 0.650. The fourth-order valence-electron chi connectivity index (χ4n) is 2.57. The van der Waals surface area contributed by atoms with Crippen LogP contribution in [0.15, 0.2) is 36.5 Å². The summed E-state index contributed by atoms with van der Waals surface area (Å²) in [5, 5.41) is 11.3. The van der Waals surface area contributed by atoms with E-state index in [0.29, 0.717) is 20.3 Å². The van der Waals surface area contributed by atoms with E-state index in [1.54, 1.807) is 24.4 Å². The molecule has 0 unspecified atom stereocenters. The molecule has 0 radical (unpaired) electrons. The molecule has 0 saturated heterocycles. The number of alkyl halides is 3. The number of nitrogens with one attached hydrogen (secondary N) is 1. The first-order valence-corrected chi connectivity index (χ1v) is 8.77. The van der Waals surface area contributed by atoms with Gasteiger partial charge in [0.2, 0.25) is 5.91 Å². The highest BCUT2D eigenvalue weighted by Gasteiger charge is 2.35. The van der Waals surface area contributed by atoms with Crippen molar-refractivity contribution in [1.29, 1.82) is 0 Å². The summed E-state index contributed by atoms with van der Waals surface area (Å²) in [5.74, 6) is -0.500. The number of halogens is 5. The maximum absolute atomic E-state index is 13.0. The van der Waals surface area contributed by atoms with Gasteiger partial charge in [0.05, 0.1) is 12.2 Å². The predicted molar refractivity (Wildman–Crippen MR) is 98.4 cm³/mol. The van der Waals surface area contributed by atoms with Gasteiger partial charge in [0.15, 0.2) is 5.82 Å². The smallest absolute Gasteiger partial charge is 0.308 e. The molecule has 6 nitrogen and oxygen atoms in total. The molecule has 1 N–H and O–H groups in total. The number of hydrogen-bond acceptors (Lipinski definition) is 3. The molecule has 0 aliphatic carbocycles. The number of amides is 1. The molecule has 0 fully saturated rings. The number of aromatic nitrogens is 4. The third kappa shape index (κ3) is 4.66. The van der Waals surface area contributed by atoms with E-state index in [-0.39, 0.29) is 18.1 Å². The SMILES string of the molecule is Cc1cc(C(F)(F)F)n(CC(=O)Nc2ccn(Cc3c(Cl)cccc3Cl)n2)n1. The van der Waals surface area contributed by atoms with Crippen LogP contribution in [-0.2, 0) is 24.1 Å². The standard InChI is InChI=1S/C17H14Cl2F3N5O/c1-10-7-14(17(20,21)22)27(24-10)9-16(28)23-15-5-6-26(25-15)8-11-12(18)3-2-4-13(11)19/h2-7H,8-9H2,1H3,(H,23,25,28). The first-order chi connectivity index (χ1) is 13.1. The summed E-state index contributed by atoms with van der Waals surface area (Å²) in [6, 6.07) is 7.50. The van der Waals surface area contributed by atoms with Gasteiger partial charge >= 0.3 is 6.18 Å². The number of nitrogens with zero attached hydrogens (tertiary/aromatic N) is 4. The lowest BCUT2D eigenvalue weighted by Crippen LogP contribution is -2.24. The second-order valence-electron chi connectivity index (χ2n) is 5.97. The molecule has 0 atom stereocenters. The third-order valence-electron chi connectivity index (χ3n) is 3.78. The Morgan fingerprint density at radius 1 is 1.18 bits per heavy atom. The summed E-state index contributed by atoms with van der Waals surface area (Å²) in [5.41, 5.74) is -0.159. The number of rotatable bonds is 5. The minimum Gasteiger partial charge on any atom is -0.308 e. The fourth-order valence-corrected chi connectivity index (χ4v) is 3.09. The summed E-state index contributed by atoms with van der Waals surface area (Å²) < 4.78 is 41.1. The number of carbonyl (C=O) groups excluding carboxylic acids is 1. The Labute approximate surface area is 167 Å². The van der Waals surface area contributed by atoms with Gasteiger partial charge in [-0.1, -0.05) is 29.3 Å². The van der Waals surface area contributed by atoms with Crippen LogP contribution >= 0.6 is 23.2 Å². The number of carbonyl (C=O) groups is 1. The van der Waals surface area contributed by atoms with Crippen molar-refractivity contribution in [2.45, 2.75) is 26.2 Å². The highest BCUT2D eigenvalue weighted by molar-refractivity contribution is 6.35. The monoisotopic (exact) mass is 431 g/mol. The lowest BCUT2D eigenvalue weighted by Gasteiger charge is -2.10. The van der Waals surface area contributed by atoms with Gasteiger partial charge in [0.1, 0.15) is 12.2 Å². The molecule has 0 spiro atoms. The molecule has 1 aromatic carbocycles. The van der Waals surface area contributed by atoms with Crippen molar-refractivity contribution in [3.05, 3.63) is 63.5 Å². The molecular formula is C17H14Cl2F3N5O. The summed E-state index contributed by atoms with van der Waals surface area (Å²) in [6.07, 6.45) is -3.01. The molecule has 28 heavy (non-hydrogen) atoms. The van der Waals surface area contributed by atoms with Gasteiger partial charge in [0, 0.05) is 27.9 Å². The van der Waals surface area contributed by atoms with Crippen molar-refractivity contribution >= 4 is 34.9 Å². The Hall–Kier alpha value is -2.52. The molecule has 3 aromatic rings. The number of benzene rings is 1. The van der Waals surface area contributed by atoms with Crippen LogP contribution in [0.4, 0.5) is 19.0 Å². The van der Waals surface area contributed by atoms with E-state index in [4.69, 9.17) is 23.2 Å². The second kappa shape index (κ2) is 7.84. The first-order valence-electron chi connectivity index (χ1n) is 8.01. The van der Waals surface area contributed by atoms with Crippen molar-refractivity contribution in [3.8, 4) is 0 Å². The van der Waals surface area contributed by atoms with Crippen molar-refractivity contribution in [3.63, 3.8) is 0 Å². The minimum absolute atomic E-state index is 0.168. The average Bonchev–Trinajstić information content (AvgIpc) is 3.17. The van der Waals surface area contributed by atoms with Crippen LogP contribution in [-0.4, -0.2) is 25.5 Å². The van der Waals surface area contributed by atoms with Crippen LogP contribution in [0.5, 0.6) is 0 Å². The van der Waals surface area contributed by atoms with Gasteiger partial charge in [-0.25, -0.2) is 0 Å². The van der Waals surface area contributed by atoms with E-state index < -0.39 is 24.3 Å². The Balaban J connectivity index is 1.68. The van der Waals surface area contributed by atoms with Crippen LogP contribution in [0.1, 0.15) is 17.0 Å². The predicted octanol–water partition coefficient (Wildman–Crippen LogP) is 4.40. The molecule has 148 valence electrons. The van der Waals surface area contributed by atoms with Gasteiger partial charge in [0.25, 0.3) is 0 Å². The third-order valence-corrected chi connectivity index (χ3v) is 4.48. The summed E-state index contributed by atoms with van der Waals surface area (Å²) >= 11 is 12.2. The van der Waals surface area contributed by atoms with E-state index in [2.05, 4.69) is 15.5 Å². The molecule has 0 aliphatic rings. The molecule has 0 bridgehead atoms. The number of aryl methyl sites for hydroxylation is 1. The van der Waals surface area contributed by atoms with Gasteiger partial charge in [-0.05, 0) is 25.1 Å².